The largest absolute Gasteiger partial charge is 0.507 e. The number of hydrogen-bond acceptors (Lipinski definition) is 5. The number of rotatable bonds is 2. The average Bonchev–Trinajstić information content (AvgIpc) is 2.86. The lowest BCUT2D eigenvalue weighted by atomic mass is 10.0. The number of H-pyrrole nitrogens is 1. The number of phenolic OH excluding ortho intramolecular Hbond substituents is 1. The molecule has 0 saturated carbocycles. The van der Waals surface area contributed by atoms with E-state index in [1.54, 1.807) is 18.2 Å². The minimum atomic E-state index is -4.34. The SMILES string of the molecule is O=S(=O)(O)c1ccc(O)c(-c2cccc3n[nH]nc23)c1. The van der Waals surface area contributed by atoms with Gasteiger partial charge in [-0.3, -0.25) is 4.55 Å². The predicted octanol–water partition coefficient (Wildman–Crippen LogP) is 1.58. The number of aromatic amines is 1. The van der Waals surface area contributed by atoms with Gasteiger partial charge in [0.1, 0.15) is 16.8 Å². The standard InChI is InChI=1S/C12H9N3O4S/c16-11-5-4-7(20(17,18)19)6-9(11)8-2-1-3-10-12(8)14-15-13-10/h1-6,16H,(H,13,14,15)(H,17,18,19). The summed E-state index contributed by atoms with van der Waals surface area (Å²) in [5.41, 5.74) is 1.84. The second-order valence-corrected chi connectivity index (χ2v) is 5.57. The Hall–Kier alpha value is -2.45. The molecule has 2 aromatic carbocycles. The Bertz CT molecular complexity index is 902. The van der Waals surface area contributed by atoms with E-state index in [1.807, 2.05) is 0 Å². The highest BCUT2D eigenvalue weighted by Crippen LogP contribution is 2.34. The van der Waals surface area contributed by atoms with E-state index in [1.165, 1.54) is 12.1 Å². The molecule has 3 aromatic rings. The second-order valence-electron chi connectivity index (χ2n) is 4.15. The van der Waals surface area contributed by atoms with E-state index < -0.39 is 10.1 Å². The zero-order valence-electron chi connectivity index (χ0n) is 9.98. The van der Waals surface area contributed by atoms with Gasteiger partial charge in [-0.1, -0.05) is 12.1 Å². The highest BCUT2D eigenvalue weighted by atomic mass is 32.2. The maximum Gasteiger partial charge on any atom is 0.294 e. The molecule has 0 bridgehead atoms. The van der Waals surface area contributed by atoms with Gasteiger partial charge in [-0.05, 0) is 24.3 Å². The number of hydrogen-bond donors (Lipinski definition) is 3. The van der Waals surface area contributed by atoms with E-state index in [9.17, 15) is 13.5 Å². The first-order valence-corrected chi connectivity index (χ1v) is 7.01. The Balaban J connectivity index is 2.31. The molecule has 0 aliphatic rings. The van der Waals surface area contributed by atoms with Crippen molar-refractivity contribution in [2.45, 2.75) is 4.90 Å². The van der Waals surface area contributed by atoms with Crippen LogP contribution in [0.25, 0.3) is 22.2 Å². The van der Waals surface area contributed by atoms with E-state index in [0.29, 0.717) is 16.6 Å². The lowest BCUT2D eigenvalue weighted by molar-refractivity contribution is 0.474. The van der Waals surface area contributed by atoms with Crippen molar-refractivity contribution in [1.29, 1.82) is 0 Å². The van der Waals surface area contributed by atoms with Crippen LogP contribution in [0.1, 0.15) is 0 Å². The third kappa shape index (κ3) is 2.00. The van der Waals surface area contributed by atoms with Crippen molar-refractivity contribution in [3.63, 3.8) is 0 Å². The molecule has 0 saturated heterocycles. The smallest absolute Gasteiger partial charge is 0.294 e. The second kappa shape index (κ2) is 4.29. The summed E-state index contributed by atoms with van der Waals surface area (Å²) in [6.07, 6.45) is 0. The van der Waals surface area contributed by atoms with Crippen molar-refractivity contribution in [2.75, 3.05) is 0 Å². The quantitative estimate of drug-likeness (QED) is 0.617. The summed E-state index contributed by atoms with van der Waals surface area (Å²) in [6.45, 7) is 0. The monoisotopic (exact) mass is 291 g/mol. The van der Waals surface area contributed by atoms with E-state index in [0.717, 1.165) is 6.07 Å². The molecule has 0 amide bonds. The Labute approximate surface area is 113 Å². The summed E-state index contributed by atoms with van der Waals surface area (Å²) in [5, 5.41) is 20.3. The summed E-state index contributed by atoms with van der Waals surface area (Å²) in [6, 6.07) is 8.63. The van der Waals surface area contributed by atoms with E-state index in [-0.39, 0.29) is 16.2 Å². The highest BCUT2D eigenvalue weighted by Gasteiger charge is 2.16. The van der Waals surface area contributed by atoms with Gasteiger partial charge in [0.2, 0.25) is 0 Å². The van der Waals surface area contributed by atoms with Gasteiger partial charge in [-0.25, -0.2) is 0 Å². The molecule has 0 spiro atoms. The summed E-state index contributed by atoms with van der Waals surface area (Å²) in [4.78, 5) is -0.300. The molecule has 3 rings (SSSR count). The van der Waals surface area contributed by atoms with Crippen LogP contribution in [0.2, 0.25) is 0 Å². The van der Waals surface area contributed by atoms with Crippen molar-refractivity contribution < 1.29 is 18.1 Å². The first-order chi connectivity index (χ1) is 9.47. The number of para-hydroxylation sites is 1. The first kappa shape index (κ1) is 12.6. The molecule has 1 aromatic heterocycles. The van der Waals surface area contributed by atoms with Gasteiger partial charge >= 0.3 is 0 Å². The molecule has 0 unspecified atom stereocenters. The van der Waals surface area contributed by atoms with Crippen molar-refractivity contribution in [3.8, 4) is 16.9 Å². The maximum absolute atomic E-state index is 11.2. The average molecular weight is 291 g/mol. The number of fused-ring (bicyclic) bond motifs is 1. The minimum Gasteiger partial charge on any atom is -0.507 e. The summed E-state index contributed by atoms with van der Waals surface area (Å²) < 4.78 is 31.4. The van der Waals surface area contributed by atoms with Gasteiger partial charge in [0.15, 0.2) is 0 Å². The zero-order valence-corrected chi connectivity index (χ0v) is 10.8. The molecule has 1 heterocycles. The van der Waals surface area contributed by atoms with Crippen molar-refractivity contribution in [3.05, 3.63) is 36.4 Å². The molecular formula is C12H9N3O4S. The minimum absolute atomic E-state index is 0.118. The fourth-order valence-corrected chi connectivity index (χ4v) is 2.48. The third-order valence-corrected chi connectivity index (χ3v) is 3.75. The molecule has 8 heteroatoms. The Kier molecular flexibility index (Phi) is 2.70. The molecule has 7 nitrogen and oxygen atoms in total. The van der Waals surface area contributed by atoms with Crippen LogP contribution < -0.4 is 0 Å². The lowest BCUT2D eigenvalue weighted by Crippen LogP contribution is -1.98. The molecular weight excluding hydrogens is 282 g/mol. The third-order valence-electron chi connectivity index (χ3n) is 2.90. The number of nitrogens with one attached hydrogen (secondary N) is 1. The molecule has 0 aliphatic heterocycles. The predicted molar refractivity (Wildman–Crippen MR) is 70.8 cm³/mol. The molecule has 0 atom stereocenters. The number of aromatic hydroxyl groups is 1. The van der Waals surface area contributed by atoms with E-state index >= 15 is 0 Å². The van der Waals surface area contributed by atoms with Crippen LogP contribution in [0.15, 0.2) is 41.3 Å². The van der Waals surface area contributed by atoms with Gasteiger partial charge < -0.3 is 5.11 Å². The topological polar surface area (TPSA) is 116 Å². The Morgan fingerprint density at radius 1 is 1.05 bits per heavy atom. The molecule has 0 fully saturated rings. The molecule has 3 N–H and O–H groups in total. The van der Waals surface area contributed by atoms with Crippen molar-refractivity contribution in [2.24, 2.45) is 0 Å². The van der Waals surface area contributed by atoms with Crippen LogP contribution >= 0.6 is 0 Å². The van der Waals surface area contributed by atoms with Gasteiger partial charge in [0.05, 0.1) is 4.90 Å². The Morgan fingerprint density at radius 3 is 2.60 bits per heavy atom. The fourth-order valence-electron chi connectivity index (χ4n) is 1.98. The molecule has 20 heavy (non-hydrogen) atoms. The summed E-state index contributed by atoms with van der Waals surface area (Å²) in [7, 11) is -4.34. The first-order valence-electron chi connectivity index (χ1n) is 5.57. The van der Waals surface area contributed by atoms with Crippen LogP contribution in [-0.2, 0) is 10.1 Å². The zero-order chi connectivity index (χ0) is 14.3. The molecule has 0 aliphatic carbocycles. The lowest BCUT2D eigenvalue weighted by Gasteiger charge is -2.07. The van der Waals surface area contributed by atoms with Crippen LogP contribution in [0.3, 0.4) is 0 Å². The summed E-state index contributed by atoms with van der Waals surface area (Å²) >= 11 is 0. The van der Waals surface area contributed by atoms with Crippen LogP contribution in [0.5, 0.6) is 5.75 Å². The molecule has 102 valence electrons. The van der Waals surface area contributed by atoms with Crippen molar-refractivity contribution >= 4 is 21.2 Å². The van der Waals surface area contributed by atoms with Gasteiger partial charge in [-0.15, -0.1) is 0 Å². The fraction of sp³-hybridized carbons (Fsp3) is 0. The summed E-state index contributed by atoms with van der Waals surface area (Å²) in [5.74, 6) is -0.118. The number of nitrogens with zero attached hydrogens (tertiary/aromatic N) is 2. The maximum atomic E-state index is 11.2. The van der Waals surface area contributed by atoms with Crippen LogP contribution in [0.4, 0.5) is 0 Å². The van der Waals surface area contributed by atoms with Crippen molar-refractivity contribution in [1.82, 2.24) is 15.4 Å². The molecule has 0 radical (unpaired) electrons. The van der Waals surface area contributed by atoms with Crippen LogP contribution in [-0.4, -0.2) is 33.5 Å². The van der Waals surface area contributed by atoms with Crippen LogP contribution in [0, 0.1) is 0 Å². The van der Waals surface area contributed by atoms with E-state index in [2.05, 4.69) is 15.4 Å². The number of benzene rings is 2. The van der Waals surface area contributed by atoms with Gasteiger partial charge in [0.25, 0.3) is 10.1 Å². The number of phenols is 1. The highest BCUT2D eigenvalue weighted by molar-refractivity contribution is 7.85. The van der Waals surface area contributed by atoms with E-state index in [4.69, 9.17) is 4.55 Å². The Morgan fingerprint density at radius 2 is 1.85 bits per heavy atom. The normalized spacial score (nSPS) is 11.8. The van der Waals surface area contributed by atoms with Gasteiger partial charge in [-0.2, -0.15) is 23.8 Å². The van der Waals surface area contributed by atoms with Gasteiger partial charge in [0, 0.05) is 11.1 Å². The number of aromatic nitrogens is 3.